The van der Waals surface area contributed by atoms with Gasteiger partial charge in [-0.15, -0.1) is 0 Å². The van der Waals surface area contributed by atoms with Crippen molar-refractivity contribution in [2.75, 3.05) is 32.1 Å². The quantitative estimate of drug-likeness (QED) is 0.759. The zero-order valence-electron chi connectivity index (χ0n) is 10.8. The summed E-state index contributed by atoms with van der Waals surface area (Å²) < 4.78 is 5.94. The highest BCUT2D eigenvalue weighted by Crippen LogP contribution is 2.20. The average Bonchev–Trinajstić information content (AvgIpc) is 2.36. The maximum atomic E-state index is 11.5. The molecule has 0 aliphatic rings. The Kier molecular flexibility index (Phi) is 6.75. The van der Waals surface area contributed by atoms with Crippen molar-refractivity contribution in [1.29, 1.82) is 0 Å². The number of hydrogen-bond acceptors (Lipinski definition) is 3. The maximum absolute atomic E-state index is 11.5. The molecule has 0 bridgehead atoms. The van der Waals surface area contributed by atoms with Crippen LogP contribution in [0.25, 0.3) is 0 Å². The van der Waals surface area contributed by atoms with Gasteiger partial charge in [-0.3, -0.25) is 4.79 Å². The summed E-state index contributed by atoms with van der Waals surface area (Å²) in [7, 11) is 1.65. The van der Waals surface area contributed by atoms with Gasteiger partial charge in [-0.1, -0.05) is 22.0 Å². The van der Waals surface area contributed by atoms with E-state index in [4.69, 9.17) is 4.74 Å². The number of ether oxygens (including phenoxy) is 1. The first-order valence-corrected chi connectivity index (χ1v) is 6.68. The van der Waals surface area contributed by atoms with Crippen LogP contribution < -0.4 is 10.6 Å². The Morgan fingerprint density at radius 2 is 2.22 bits per heavy atom. The number of halogens is 1. The summed E-state index contributed by atoms with van der Waals surface area (Å²) in [4.78, 5) is 11.5. The molecule has 0 aliphatic heterocycles. The minimum Gasteiger partial charge on any atom is -0.385 e. The molecule has 100 valence electrons. The molecule has 0 heterocycles. The molecule has 0 unspecified atom stereocenters. The Bertz CT molecular complexity index is 397. The van der Waals surface area contributed by atoms with Crippen molar-refractivity contribution in [3.8, 4) is 0 Å². The summed E-state index contributed by atoms with van der Waals surface area (Å²) in [6.45, 7) is 3.61. The lowest BCUT2D eigenvalue weighted by Gasteiger charge is -2.08. The molecule has 0 saturated heterocycles. The van der Waals surface area contributed by atoms with E-state index in [0.29, 0.717) is 13.2 Å². The fraction of sp³-hybridized carbons (Fsp3) is 0.462. The summed E-state index contributed by atoms with van der Waals surface area (Å²) >= 11 is 3.46. The van der Waals surface area contributed by atoms with E-state index < -0.39 is 0 Å². The SMILES string of the molecule is COCCCNC(=O)CNc1ccc(C)c(Br)c1. The molecule has 0 aliphatic carbocycles. The summed E-state index contributed by atoms with van der Waals surface area (Å²) in [5, 5.41) is 5.90. The molecule has 1 aromatic rings. The normalized spacial score (nSPS) is 10.2. The van der Waals surface area contributed by atoms with Crippen LogP contribution in [-0.4, -0.2) is 32.7 Å². The van der Waals surface area contributed by atoms with Crippen molar-refractivity contribution in [2.24, 2.45) is 0 Å². The van der Waals surface area contributed by atoms with Crippen LogP contribution in [0, 0.1) is 6.92 Å². The Balaban J connectivity index is 2.27. The number of amides is 1. The van der Waals surface area contributed by atoms with E-state index in [0.717, 1.165) is 16.6 Å². The van der Waals surface area contributed by atoms with Crippen LogP contribution in [0.5, 0.6) is 0 Å². The number of nitrogens with one attached hydrogen (secondary N) is 2. The van der Waals surface area contributed by atoms with Gasteiger partial charge in [0.15, 0.2) is 0 Å². The minimum absolute atomic E-state index is 0.0113. The molecule has 1 rings (SSSR count). The number of hydrogen-bond donors (Lipinski definition) is 2. The first-order valence-electron chi connectivity index (χ1n) is 5.89. The first kappa shape index (κ1) is 15.0. The number of anilines is 1. The van der Waals surface area contributed by atoms with Crippen LogP contribution in [0.15, 0.2) is 22.7 Å². The highest BCUT2D eigenvalue weighted by atomic mass is 79.9. The van der Waals surface area contributed by atoms with Gasteiger partial charge in [0.05, 0.1) is 6.54 Å². The van der Waals surface area contributed by atoms with Crippen molar-refractivity contribution in [1.82, 2.24) is 5.32 Å². The third kappa shape index (κ3) is 5.51. The second-order valence-electron chi connectivity index (χ2n) is 4.01. The standard InChI is InChI=1S/C13H19BrN2O2/c1-10-4-5-11(8-12(10)14)16-9-13(17)15-6-3-7-18-2/h4-5,8,16H,3,6-7,9H2,1-2H3,(H,15,17). The van der Waals surface area contributed by atoms with Gasteiger partial charge in [0.2, 0.25) is 5.91 Å². The van der Waals surface area contributed by atoms with Crippen molar-refractivity contribution in [2.45, 2.75) is 13.3 Å². The Labute approximate surface area is 116 Å². The van der Waals surface area contributed by atoms with Crippen LogP contribution in [0.3, 0.4) is 0 Å². The Hall–Kier alpha value is -1.07. The minimum atomic E-state index is -0.0113. The molecule has 1 aromatic carbocycles. The van der Waals surface area contributed by atoms with Gasteiger partial charge < -0.3 is 15.4 Å². The highest BCUT2D eigenvalue weighted by molar-refractivity contribution is 9.10. The van der Waals surface area contributed by atoms with Gasteiger partial charge >= 0.3 is 0 Å². The predicted molar refractivity (Wildman–Crippen MR) is 76.9 cm³/mol. The molecule has 0 fully saturated rings. The second kappa shape index (κ2) is 8.11. The second-order valence-corrected chi connectivity index (χ2v) is 4.87. The van der Waals surface area contributed by atoms with Crippen molar-refractivity contribution < 1.29 is 9.53 Å². The number of rotatable bonds is 7. The molecule has 4 nitrogen and oxygen atoms in total. The van der Waals surface area contributed by atoms with E-state index >= 15 is 0 Å². The van der Waals surface area contributed by atoms with E-state index in [-0.39, 0.29) is 12.5 Å². The van der Waals surface area contributed by atoms with Gasteiger partial charge in [-0.25, -0.2) is 0 Å². The summed E-state index contributed by atoms with van der Waals surface area (Å²) in [5.74, 6) is -0.0113. The molecular weight excluding hydrogens is 296 g/mol. The van der Waals surface area contributed by atoms with Gasteiger partial charge in [0, 0.05) is 30.4 Å². The van der Waals surface area contributed by atoms with Crippen LogP contribution in [0.1, 0.15) is 12.0 Å². The topological polar surface area (TPSA) is 50.4 Å². The zero-order chi connectivity index (χ0) is 13.4. The number of carbonyl (C=O) groups excluding carboxylic acids is 1. The number of methoxy groups -OCH3 is 1. The van der Waals surface area contributed by atoms with Gasteiger partial charge in [-0.2, -0.15) is 0 Å². The fourth-order valence-corrected chi connectivity index (χ4v) is 1.77. The highest BCUT2D eigenvalue weighted by Gasteiger charge is 2.01. The van der Waals surface area contributed by atoms with Gasteiger partial charge in [-0.05, 0) is 31.0 Å². The molecule has 2 N–H and O–H groups in total. The predicted octanol–water partition coefficient (Wildman–Crippen LogP) is 2.32. The number of benzene rings is 1. The van der Waals surface area contributed by atoms with E-state index in [9.17, 15) is 4.79 Å². The van der Waals surface area contributed by atoms with Crippen molar-refractivity contribution in [3.05, 3.63) is 28.2 Å². The largest absolute Gasteiger partial charge is 0.385 e. The van der Waals surface area contributed by atoms with Crippen LogP contribution >= 0.6 is 15.9 Å². The molecular formula is C13H19BrN2O2. The molecule has 0 saturated carbocycles. The summed E-state index contributed by atoms with van der Waals surface area (Å²) in [6, 6.07) is 5.93. The maximum Gasteiger partial charge on any atom is 0.239 e. The third-order valence-corrected chi connectivity index (χ3v) is 3.33. The first-order chi connectivity index (χ1) is 8.63. The Morgan fingerprint density at radius 3 is 2.89 bits per heavy atom. The number of carbonyl (C=O) groups is 1. The van der Waals surface area contributed by atoms with E-state index in [1.807, 2.05) is 25.1 Å². The average molecular weight is 315 g/mol. The van der Waals surface area contributed by atoms with Gasteiger partial charge in [0.1, 0.15) is 0 Å². The lowest BCUT2D eigenvalue weighted by atomic mass is 10.2. The molecule has 0 radical (unpaired) electrons. The van der Waals surface area contributed by atoms with E-state index in [1.165, 1.54) is 5.56 Å². The van der Waals surface area contributed by atoms with E-state index in [1.54, 1.807) is 7.11 Å². The Morgan fingerprint density at radius 1 is 1.44 bits per heavy atom. The lowest BCUT2D eigenvalue weighted by molar-refractivity contribution is -0.119. The monoisotopic (exact) mass is 314 g/mol. The van der Waals surface area contributed by atoms with Crippen LogP contribution in [-0.2, 0) is 9.53 Å². The smallest absolute Gasteiger partial charge is 0.239 e. The molecule has 0 aromatic heterocycles. The van der Waals surface area contributed by atoms with Crippen molar-refractivity contribution >= 4 is 27.5 Å². The summed E-state index contributed by atoms with van der Waals surface area (Å²) in [5.41, 5.74) is 2.10. The third-order valence-electron chi connectivity index (χ3n) is 2.47. The molecule has 5 heteroatoms. The van der Waals surface area contributed by atoms with E-state index in [2.05, 4.69) is 26.6 Å². The molecule has 1 amide bonds. The fourth-order valence-electron chi connectivity index (χ4n) is 1.39. The zero-order valence-corrected chi connectivity index (χ0v) is 12.3. The molecule has 0 spiro atoms. The lowest BCUT2D eigenvalue weighted by Crippen LogP contribution is -2.31. The molecule has 18 heavy (non-hydrogen) atoms. The number of aryl methyl sites for hydroxylation is 1. The van der Waals surface area contributed by atoms with Crippen LogP contribution in [0.4, 0.5) is 5.69 Å². The summed E-state index contributed by atoms with van der Waals surface area (Å²) in [6.07, 6.45) is 0.832. The van der Waals surface area contributed by atoms with Crippen LogP contribution in [0.2, 0.25) is 0 Å². The molecule has 0 atom stereocenters. The van der Waals surface area contributed by atoms with Gasteiger partial charge in [0.25, 0.3) is 0 Å². The van der Waals surface area contributed by atoms with Crippen molar-refractivity contribution in [3.63, 3.8) is 0 Å².